The zero-order valence-electron chi connectivity index (χ0n) is 17.0. The van der Waals surface area contributed by atoms with E-state index >= 15 is 0 Å². The third-order valence-electron chi connectivity index (χ3n) is 3.72. The molecule has 0 unspecified atom stereocenters. The minimum atomic E-state index is -5.00. The minimum Gasteiger partial charge on any atom is -0.744 e. The number of phenols is 2. The van der Waals surface area contributed by atoms with Crippen LogP contribution in [0.1, 0.15) is 6.92 Å². The van der Waals surface area contributed by atoms with Crippen LogP contribution in [0.3, 0.4) is 0 Å². The Kier molecular flexibility index (Phi) is 13.5. The summed E-state index contributed by atoms with van der Waals surface area (Å²) in [7, 11) is -10.0. The van der Waals surface area contributed by atoms with E-state index in [0.717, 1.165) is 31.2 Å². The van der Waals surface area contributed by atoms with Gasteiger partial charge in [0.2, 0.25) is 0 Å². The standard InChI is InChI=1S/C15H15NO10S2.3Na/c1-8(15(19)20)16(11-6-9(27(21,22)23)2-4-13(11)17)12-7-10(28(24,25)26)3-5-14(12)18;;;/h2-8,17-18H,1H3,(H,19,20)(H,21,22,23)(H,24,25,26);;;/q;3*+1/p-3/t8-;;;/m0.../s1. The fourth-order valence-corrected chi connectivity index (χ4v) is 3.34. The Balaban J connectivity index is 0. The van der Waals surface area contributed by atoms with Crippen LogP contribution in [-0.4, -0.2) is 48.2 Å². The molecular weight excluding hydrogens is 487 g/mol. The number of phenolic OH excluding ortho intramolecular Hbond substituents is 2. The van der Waals surface area contributed by atoms with E-state index in [-0.39, 0.29) is 88.7 Å². The molecule has 1 atom stereocenters. The molecular formula is C15H12NNa3O10S2. The van der Waals surface area contributed by atoms with Crippen LogP contribution in [0.5, 0.6) is 11.5 Å². The van der Waals surface area contributed by atoms with Gasteiger partial charge in [-0.1, -0.05) is 0 Å². The van der Waals surface area contributed by atoms with Crippen LogP contribution in [0, 0.1) is 0 Å². The van der Waals surface area contributed by atoms with Crippen LogP contribution < -0.4 is 98.7 Å². The van der Waals surface area contributed by atoms with Crippen LogP contribution in [0.15, 0.2) is 46.2 Å². The van der Waals surface area contributed by atoms with E-state index in [1.54, 1.807) is 0 Å². The Bertz CT molecular complexity index is 1070. The molecule has 16 heteroatoms. The van der Waals surface area contributed by atoms with Gasteiger partial charge in [0.1, 0.15) is 31.7 Å². The Labute approximate surface area is 244 Å². The van der Waals surface area contributed by atoms with Crippen molar-refractivity contribution in [3.05, 3.63) is 36.4 Å². The molecule has 2 rings (SSSR count). The van der Waals surface area contributed by atoms with Crippen molar-refractivity contribution < 1.29 is 135 Å². The number of carboxylic acid groups (broad SMARTS) is 1. The second-order valence-corrected chi connectivity index (χ2v) is 8.33. The first kappa shape index (κ1) is 33.3. The van der Waals surface area contributed by atoms with E-state index < -0.39 is 64.9 Å². The zero-order chi connectivity index (χ0) is 21.4. The van der Waals surface area contributed by atoms with Crippen molar-refractivity contribution in [2.24, 2.45) is 0 Å². The number of anilines is 2. The molecule has 2 aromatic carbocycles. The second kappa shape index (κ2) is 12.6. The molecule has 2 N–H and O–H groups in total. The van der Waals surface area contributed by atoms with Crippen LogP contribution in [0.2, 0.25) is 0 Å². The average molecular weight is 499 g/mol. The Morgan fingerprint density at radius 3 is 1.42 bits per heavy atom. The molecule has 0 spiro atoms. The van der Waals surface area contributed by atoms with E-state index in [9.17, 15) is 46.1 Å². The van der Waals surface area contributed by atoms with Crippen LogP contribution in [-0.2, 0) is 25.0 Å². The van der Waals surface area contributed by atoms with Gasteiger partial charge >= 0.3 is 88.7 Å². The average Bonchev–Trinajstić information content (AvgIpc) is 2.55. The van der Waals surface area contributed by atoms with E-state index in [4.69, 9.17) is 0 Å². The summed E-state index contributed by atoms with van der Waals surface area (Å²) in [5.41, 5.74) is -1.13. The molecule has 11 nitrogen and oxygen atoms in total. The van der Waals surface area contributed by atoms with E-state index in [1.807, 2.05) is 0 Å². The fraction of sp³-hybridized carbons (Fsp3) is 0.133. The summed E-state index contributed by atoms with van der Waals surface area (Å²) >= 11 is 0. The molecule has 0 bridgehead atoms. The summed E-state index contributed by atoms with van der Waals surface area (Å²) in [6, 6.07) is 2.68. The van der Waals surface area contributed by atoms with Gasteiger partial charge in [-0.15, -0.1) is 0 Å². The SMILES string of the molecule is C[C@@H](C(=O)[O-])N(c1cc(S(=O)(=O)[O-])ccc1O)c1cc(S(=O)(=O)[O-])ccc1O.[Na+].[Na+].[Na+]. The van der Waals surface area contributed by atoms with Crippen molar-refractivity contribution in [3.63, 3.8) is 0 Å². The molecule has 0 aromatic heterocycles. The smallest absolute Gasteiger partial charge is 0.744 e. The number of aliphatic carboxylic acids is 1. The maximum Gasteiger partial charge on any atom is 1.00 e. The third-order valence-corrected chi connectivity index (χ3v) is 5.38. The van der Waals surface area contributed by atoms with E-state index in [0.29, 0.717) is 17.0 Å². The normalized spacial score (nSPS) is 11.8. The molecule has 0 aliphatic carbocycles. The number of aromatic hydroxyl groups is 2. The largest absolute Gasteiger partial charge is 1.00 e. The van der Waals surface area contributed by atoms with Gasteiger partial charge in [0, 0.05) is 0 Å². The Hall–Kier alpha value is 0.130. The summed E-state index contributed by atoms with van der Waals surface area (Å²) in [6.45, 7) is 1.02. The van der Waals surface area contributed by atoms with Gasteiger partial charge in [-0.2, -0.15) is 0 Å². The van der Waals surface area contributed by atoms with Gasteiger partial charge in [0.25, 0.3) is 0 Å². The third kappa shape index (κ3) is 8.14. The molecule has 152 valence electrons. The number of nitrogens with zero attached hydrogens (tertiary/aromatic N) is 1. The maximum atomic E-state index is 11.4. The van der Waals surface area contributed by atoms with Crippen molar-refractivity contribution in [1.29, 1.82) is 0 Å². The van der Waals surface area contributed by atoms with E-state index in [1.165, 1.54) is 0 Å². The molecule has 0 radical (unpaired) electrons. The van der Waals surface area contributed by atoms with Crippen molar-refractivity contribution in [2.45, 2.75) is 22.8 Å². The van der Waals surface area contributed by atoms with Crippen molar-refractivity contribution in [3.8, 4) is 11.5 Å². The molecule has 0 amide bonds. The number of hydrogen-bond donors (Lipinski definition) is 2. The minimum absolute atomic E-state index is 0. The van der Waals surface area contributed by atoms with Gasteiger partial charge < -0.3 is 34.1 Å². The summed E-state index contributed by atoms with van der Waals surface area (Å²) in [4.78, 5) is 10.4. The monoisotopic (exact) mass is 499 g/mol. The van der Waals surface area contributed by atoms with Crippen LogP contribution >= 0.6 is 0 Å². The zero-order valence-corrected chi connectivity index (χ0v) is 24.6. The number of hydrogen-bond acceptors (Lipinski definition) is 11. The molecule has 0 saturated heterocycles. The Morgan fingerprint density at radius 2 is 1.16 bits per heavy atom. The van der Waals surface area contributed by atoms with Gasteiger partial charge in [-0.05, 0) is 43.3 Å². The van der Waals surface area contributed by atoms with Crippen LogP contribution in [0.4, 0.5) is 11.4 Å². The molecule has 0 aliphatic rings. The Morgan fingerprint density at radius 1 is 0.839 bits per heavy atom. The first-order valence-electron chi connectivity index (χ1n) is 7.31. The molecule has 0 fully saturated rings. The number of rotatable bonds is 6. The predicted octanol–water partition coefficient (Wildman–Crippen LogP) is -9.81. The summed E-state index contributed by atoms with van der Waals surface area (Å²) in [6.07, 6.45) is 0. The first-order chi connectivity index (χ1) is 12.7. The molecule has 0 aliphatic heterocycles. The molecule has 0 saturated carbocycles. The van der Waals surface area contributed by atoms with Gasteiger partial charge in [0.15, 0.2) is 0 Å². The summed E-state index contributed by atoms with van der Waals surface area (Å²) in [5, 5.41) is 31.5. The summed E-state index contributed by atoms with van der Waals surface area (Å²) in [5.74, 6) is -3.16. The number of carboxylic acids is 1. The van der Waals surface area contributed by atoms with Gasteiger partial charge in [-0.25, -0.2) is 16.8 Å². The summed E-state index contributed by atoms with van der Waals surface area (Å²) < 4.78 is 67.5. The second-order valence-electron chi connectivity index (χ2n) is 5.57. The van der Waals surface area contributed by atoms with Crippen LogP contribution in [0.25, 0.3) is 0 Å². The van der Waals surface area contributed by atoms with E-state index in [2.05, 4.69) is 0 Å². The molecule has 0 heterocycles. The van der Waals surface area contributed by atoms with Crippen molar-refractivity contribution >= 4 is 37.6 Å². The van der Waals surface area contributed by atoms with Crippen molar-refractivity contribution in [2.75, 3.05) is 4.90 Å². The van der Waals surface area contributed by atoms with Crippen molar-refractivity contribution in [1.82, 2.24) is 0 Å². The van der Waals surface area contributed by atoms with Gasteiger partial charge in [-0.3, -0.25) is 0 Å². The predicted molar refractivity (Wildman–Crippen MR) is 88.7 cm³/mol. The number of carbonyl (C=O) groups excluding carboxylic acids is 1. The number of carbonyl (C=O) groups is 1. The molecule has 31 heavy (non-hydrogen) atoms. The number of benzene rings is 2. The maximum absolute atomic E-state index is 11.4. The topological polar surface area (TPSA) is 198 Å². The molecule has 2 aromatic rings. The van der Waals surface area contributed by atoms with Gasteiger partial charge in [0.05, 0.1) is 33.2 Å². The first-order valence-corrected chi connectivity index (χ1v) is 10.1. The fourth-order valence-electron chi connectivity index (χ4n) is 2.36. The quantitative estimate of drug-likeness (QED) is 0.283.